The molecule has 2 fully saturated rings. The molecule has 0 aromatic carbocycles. The van der Waals surface area contributed by atoms with E-state index in [9.17, 15) is 8.42 Å². The summed E-state index contributed by atoms with van der Waals surface area (Å²) in [4.78, 5) is 0. The van der Waals surface area contributed by atoms with Gasteiger partial charge in [-0.3, -0.25) is 0 Å². The molecule has 2 aliphatic heterocycles. The molecule has 4 nitrogen and oxygen atoms in total. The van der Waals surface area contributed by atoms with Gasteiger partial charge in [0.25, 0.3) is 0 Å². The number of rotatable bonds is 4. The van der Waals surface area contributed by atoms with Crippen LogP contribution in [0.2, 0.25) is 0 Å². The molecule has 2 rings (SSSR count). The van der Waals surface area contributed by atoms with Crippen LogP contribution >= 0.6 is 0 Å². The van der Waals surface area contributed by atoms with E-state index in [1.165, 1.54) is 12.8 Å². The molecule has 5 heteroatoms. The van der Waals surface area contributed by atoms with E-state index in [2.05, 4.69) is 10.6 Å². The predicted molar refractivity (Wildman–Crippen MR) is 60.7 cm³/mol. The van der Waals surface area contributed by atoms with Gasteiger partial charge in [-0.1, -0.05) is 0 Å². The van der Waals surface area contributed by atoms with Crippen molar-refractivity contribution in [2.24, 2.45) is 0 Å². The lowest BCUT2D eigenvalue weighted by Crippen LogP contribution is -2.34. The summed E-state index contributed by atoms with van der Waals surface area (Å²) >= 11 is 0. The summed E-state index contributed by atoms with van der Waals surface area (Å²) in [6, 6.07) is 0.854. The SMILES string of the molecule is O=S1(=O)CCC(NCCC2CCCN2)C1. The largest absolute Gasteiger partial charge is 0.314 e. The van der Waals surface area contributed by atoms with E-state index < -0.39 is 9.84 Å². The van der Waals surface area contributed by atoms with E-state index in [0.717, 1.165) is 25.9 Å². The average Bonchev–Trinajstić information content (AvgIpc) is 2.76. The highest BCUT2D eigenvalue weighted by Crippen LogP contribution is 2.12. The molecule has 2 N–H and O–H groups in total. The van der Waals surface area contributed by atoms with Gasteiger partial charge in [-0.2, -0.15) is 0 Å². The van der Waals surface area contributed by atoms with Gasteiger partial charge in [-0.25, -0.2) is 8.42 Å². The summed E-state index contributed by atoms with van der Waals surface area (Å²) in [5.41, 5.74) is 0. The van der Waals surface area contributed by atoms with Crippen LogP contribution in [0.25, 0.3) is 0 Å². The van der Waals surface area contributed by atoms with Crippen LogP contribution in [-0.2, 0) is 9.84 Å². The minimum atomic E-state index is -2.72. The number of sulfone groups is 1. The van der Waals surface area contributed by atoms with Crippen LogP contribution in [0, 0.1) is 0 Å². The maximum Gasteiger partial charge on any atom is 0.151 e. The van der Waals surface area contributed by atoms with Gasteiger partial charge >= 0.3 is 0 Å². The van der Waals surface area contributed by atoms with Gasteiger partial charge < -0.3 is 10.6 Å². The summed E-state index contributed by atoms with van der Waals surface area (Å²) in [6.07, 6.45) is 4.46. The van der Waals surface area contributed by atoms with Crippen molar-refractivity contribution in [3.8, 4) is 0 Å². The van der Waals surface area contributed by atoms with E-state index in [-0.39, 0.29) is 6.04 Å². The normalized spacial score (nSPS) is 34.7. The summed E-state index contributed by atoms with van der Waals surface area (Å²) in [5, 5.41) is 6.78. The van der Waals surface area contributed by atoms with E-state index in [4.69, 9.17) is 0 Å². The Morgan fingerprint density at radius 1 is 1.33 bits per heavy atom. The molecule has 0 spiro atoms. The maximum atomic E-state index is 11.2. The minimum Gasteiger partial charge on any atom is -0.314 e. The smallest absolute Gasteiger partial charge is 0.151 e. The summed E-state index contributed by atoms with van der Waals surface area (Å²) in [6.45, 7) is 2.08. The third-order valence-electron chi connectivity index (χ3n) is 3.32. The molecule has 2 heterocycles. The molecule has 0 bridgehead atoms. The summed E-state index contributed by atoms with van der Waals surface area (Å²) in [5.74, 6) is 0.706. The lowest BCUT2D eigenvalue weighted by molar-refractivity contribution is 0.485. The highest BCUT2D eigenvalue weighted by molar-refractivity contribution is 7.91. The van der Waals surface area contributed by atoms with Crippen molar-refractivity contribution < 1.29 is 8.42 Å². The standard InChI is InChI=1S/C10H20N2O2S/c13-15(14)7-4-10(8-15)12-6-3-9-2-1-5-11-9/h9-12H,1-8H2. The van der Waals surface area contributed by atoms with Crippen LogP contribution in [0.3, 0.4) is 0 Å². The molecule has 0 saturated carbocycles. The fraction of sp³-hybridized carbons (Fsp3) is 1.00. The van der Waals surface area contributed by atoms with Crippen LogP contribution in [0.4, 0.5) is 0 Å². The number of hydrogen-bond acceptors (Lipinski definition) is 4. The zero-order chi connectivity index (χ0) is 10.7. The molecule has 15 heavy (non-hydrogen) atoms. The maximum absolute atomic E-state index is 11.2. The Morgan fingerprint density at radius 3 is 2.80 bits per heavy atom. The van der Waals surface area contributed by atoms with Crippen molar-refractivity contribution >= 4 is 9.84 Å². The van der Waals surface area contributed by atoms with Gasteiger partial charge in [0.2, 0.25) is 0 Å². The van der Waals surface area contributed by atoms with Gasteiger partial charge in [0.15, 0.2) is 9.84 Å². The highest BCUT2D eigenvalue weighted by Gasteiger charge is 2.27. The first kappa shape index (κ1) is 11.4. The summed E-state index contributed by atoms with van der Waals surface area (Å²) < 4.78 is 22.4. The third kappa shape index (κ3) is 3.43. The molecule has 0 radical (unpaired) electrons. The number of nitrogens with one attached hydrogen (secondary N) is 2. The zero-order valence-electron chi connectivity index (χ0n) is 9.04. The Balaban J connectivity index is 1.62. The Kier molecular flexibility index (Phi) is 3.64. The Morgan fingerprint density at radius 2 is 2.20 bits per heavy atom. The zero-order valence-corrected chi connectivity index (χ0v) is 9.85. The topological polar surface area (TPSA) is 58.2 Å². The Bertz CT molecular complexity index is 297. The van der Waals surface area contributed by atoms with Gasteiger partial charge in [-0.05, 0) is 38.8 Å². The van der Waals surface area contributed by atoms with Crippen molar-refractivity contribution in [1.82, 2.24) is 10.6 Å². The van der Waals surface area contributed by atoms with Crippen molar-refractivity contribution in [1.29, 1.82) is 0 Å². The molecule has 0 amide bonds. The Hall–Kier alpha value is -0.130. The number of hydrogen-bond donors (Lipinski definition) is 2. The minimum absolute atomic E-state index is 0.205. The second kappa shape index (κ2) is 4.80. The first-order chi connectivity index (χ1) is 7.16. The molecule has 2 unspecified atom stereocenters. The fourth-order valence-corrected chi connectivity index (χ4v) is 4.13. The molecule has 88 valence electrons. The third-order valence-corrected chi connectivity index (χ3v) is 5.09. The monoisotopic (exact) mass is 232 g/mol. The van der Waals surface area contributed by atoms with Crippen LogP contribution in [0.15, 0.2) is 0 Å². The van der Waals surface area contributed by atoms with Crippen molar-refractivity contribution in [2.75, 3.05) is 24.6 Å². The van der Waals surface area contributed by atoms with Crippen LogP contribution in [0.5, 0.6) is 0 Å². The first-order valence-corrected chi connectivity index (χ1v) is 7.65. The van der Waals surface area contributed by atoms with Crippen LogP contribution in [0.1, 0.15) is 25.7 Å². The predicted octanol–water partition coefficient (Wildman–Crippen LogP) is -0.0948. The Labute approximate surface area is 91.7 Å². The molecule has 2 saturated heterocycles. The van der Waals surface area contributed by atoms with Gasteiger partial charge in [0.05, 0.1) is 11.5 Å². The van der Waals surface area contributed by atoms with Crippen LogP contribution < -0.4 is 10.6 Å². The molecule has 2 atom stereocenters. The van der Waals surface area contributed by atoms with E-state index >= 15 is 0 Å². The van der Waals surface area contributed by atoms with Crippen molar-refractivity contribution in [3.63, 3.8) is 0 Å². The van der Waals surface area contributed by atoms with Crippen LogP contribution in [-0.4, -0.2) is 45.1 Å². The second-order valence-corrected chi connectivity index (χ2v) is 6.86. The van der Waals surface area contributed by atoms with Gasteiger partial charge in [0, 0.05) is 12.1 Å². The van der Waals surface area contributed by atoms with Crippen molar-refractivity contribution in [2.45, 2.75) is 37.8 Å². The second-order valence-electron chi connectivity index (χ2n) is 4.64. The molecule has 0 aromatic heterocycles. The summed E-state index contributed by atoms with van der Waals surface area (Å²) in [7, 11) is -2.72. The lowest BCUT2D eigenvalue weighted by atomic mass is 10.1. The molecule has 0 aromatic rings. The highest BCUT2D eigenvalue weighted by atomic mass is 32.2. The van der Waals surface area contributed by atoms with E-state index in [1.54, 1.807) is 0 Å². The molecule has 0 aliphatic carbocycles. The quantitative estimate of drug-likeness (QED) is 0.711. The first-order valence-electron chi connectivity index (χ1n) is 5.83. The molecular formula is C10H20N2O2S. The van der Waals surface area contributed by atoms with E-state index in [0.29, 0.717) is 17.5 Å². The van der Waals surface area contributed by atoms with Gasteiger partial charge in [0.1, 0.15) is 0 Å². The van der Waals surface area contributed by atoms with Crippen molar-refractivity contribution in [3.05, 3.63) is 0 Å². The van der Waals surface area contributed by atoms with E-state index in [1.807, 2.05) is 0 Å². The lowest BCUT2D eigenvalue weighted by Gasteiger charge is -2.13. The average molecular weight is 232 g/mol. The molecular weight excluding hydrogens is 212 g/mol. The van der Waals surface area contributed by atoms with Gasteiger partial charge in [-0.15, -0.1) is 0 Å². The molecule has 2 aliphatic rings. The fourth-order valence-electron chi connectivity index (χ4n) is 2.42.